The molecule has 2 N–H and O–H groups in total. The number of fused-ring (bicyclic) bond motifs is 1. The molecule has 1 aliphatic heterocycles. The van der Waals surface area contributed by atoms with Gasteiger partial charge < -0.3 is 10.6 Å². The quantitative estimate of drug-likeness (QED) is 0.760. The number of hydrogen-bond acceptors (Lipinski definition) is 2. The summed E-state index contributed by atoms with van der Waals surface area (Å²) in [6.45, 7) is 6.39. The van der Waals surface area contributed by atoms with Crippen LogP contribution in [0.25, 0.3) is 5.57 Å². The van der Waals surface area contributed by atoms with Crippen LogP contribution in [0.4, 0.5) is 0 Å². The van der Waals surface area contributed by atoms with Gasteiger partial charge in [-0.15, -0.1) is 0 Å². The van der Waals surface area contributed by atoms with Gasteiger partial charge in [0, 0.05) is 11.6 Å². The van der Waals surface area contributed by atoms with E-state index in [2.05, 4.69) is 67.0 Å². The van der Waals surface area contributed by atoms with Crippen molar-refractivity contribution in [2.45, 2.75) is 52.0 Å². The van der Waals surface area contributed by atoms with Crippen LogP contribution >= 0.6 is 0 Å². The zero-order chi connectivity index (χ0) is 20.3. The fourth-order valence-corrected chi connectivity index (χ4v) is 4.80. The van der Waals surface area contributed by atoms with Crippen LogP contribution in [0.5, 0.6) is 0 Å². The Morgan fingerprint density at radius 2 is 1.72 bits per heavy atom. The molecule has 1 fully saturated rings. The first kappa shape index (κ1) is 19.9. The minimum absolute atomic E-state index is 0.0260. The van der Waals surface area contributed by atoms with E-state index in [9.17, 15) is 4.79 Å². The van der Waals surface area contributed by atoms with Crippen LogP contribution in [-0.4, -0.2) is 25.0 Å². The Hall–Kier alpha value is -2.39. The highest BCUT2D eigenvalue weighted by molar-refractivity contribution is 5.95. The summed E-state index contributed by atoms with van der Waals surface area (Å²) in [5.41, 5.74) is 6.30. The Balaban J connectivity index is 1.64. The topological polar surface area (TPSA) is 41.1 Å². The Morgan fingerprint density at radius 3 is 2.41 bits per heavy atom. The number of hydrogen-bond donors (Lipinski definition) is 2. The van der Waals surface area contributed by atoms with Crippen LogP contribution < -0.4 is 10.6 Å². The minimum Gasteiger partial charge on any atom is -0.349 e. The number of carbonyl (C=O) groups is 1. The second kappa shape index (κ2) is 8.54. The van der Waals surface area contributed by atoms with Gasteiger partial charge in [-0.05, 0) is 85.0 Å². The van der Waals surface area contributed by atoms with E-state index in [0.717, 1.165) is 37.9 Å². The van der Waals surface area contributed by atoms with Crippen LogP contribution in [0.3, 0.4) is 0 Å². The van der Waals surface area contributed by atoms with Crippen molar-refractivity contribution >= 4 is 11.5 Å². The number of benzene rings is 2. The van der Waals surface area contributed by atoms with Crippen molar-refractivity contribution in [3.63, 3.8) is 0 Å². The van der Waals surface area contributed by atoms with Crippen molar-refractivity contribution in [3.05, 3.63) is 76.9 Å². The standard InChI is InChI=1S/C26H32N2O/c1-3-22(4-2)28-25(29)20-11-9-19(10-12-20)24-18-26(13-15-27-16-14-26)17-21-7-5-6-8-23(21)24/h5-12,18,22,27H,3-4,13-17H2,1-2H3,(H,28,29). The van der Waals surface area contributed by atoms with E-state index in [0.29, 0.717) is 0 Å². The molecule has 0 saturated carbocycles. The summed E-state index contributed by atoms with van der Waals surface area (Å²) < 4.78 is 0. The van der Waals surface area contributed by atoms with Crippen LogP contribution in [0.2, 0.25) is 0 Å². The molecule has 2 aliphatic rings. The molecule has 1 amide bonds. The van der Waals surface area contributed by atoms with Gasteiger partial charge in [0.1, 0.15) is 0 Å². The molecule has 0 bridgehead atoms. The molecular weight excluding hydrogens is 356 g/mol. The summed E-state index contributed by atoms with van der Waals surface area (Å²) in [7, 11) is 0. The monoisotopic (exact) mass is 388 g/mol. The maximum Gasteiger partial charge on any atom is 0.251 e. The normalized spacial score (nSPS) is 17.7. The Morgan fingerprint density at radius 1 is 1.03 bits per heavy atom. The van der Waals surface area contributed by atoms with Crippen LogP contribution in [-0.2, 0) is 6.42 Å². The third-order valence-electron chi connectivity index (χ3n) is 6.68. The molecule has 2 aromatic carbocycles. The molecule has 1 aliphatic carbocycles. The molecule has 29 heavy (non-hydrogen) atoms. The number of allylic oxidation sites excluding steroid dienone is 1. The Kier molecular flexibility index (Phi) is 5.86. The number of piperidine rings is 1. The largest absolute Gasteiger partial charge is 0.349 e. The lowest BCUT2D eigenvalue weighted by atomic mass is 9.67. The van der Waals surface area contributed by atoms with E-state index >= 15 is 0 Å². The second-order valence-electron chi connectivity index (χ2n) is 8.57. The minimum atomic E-state index is 0.0260. The molecule has 0 unspecified atom stereocenters. The van der Waals surface area contributed by atoms with Crippen LogP contribution in [0, 0.1) is 5.41 Å². The molecule has 1 saturated heterocycles. The summed E-state index contributed by atoms with van der Waals surface area (Å²) >= 11 is 0. The molecule has 0 atom stereocenters. The van der Waals surface area contributed by atoms with Gasteiger partial charge in [-0.1, -0.05) is 56.3 Å². The highest BCUT2D eigenvalue weighted by Gasteiger charge is 2.35. The van der Waals surface area contributed by atoms with Crippen molar-refractivity contribution in [2.75, 3.05) is 13.1 Å². The first-order valence-corrected chi connectivity index (χ1v) is 11.1. The van der Waals surface area contributed by atoms with Gasteiger partial charge >= 0.3 is 0 Å². The van der Waals surface area contributed by atoms with Crippen molar-refractivity contribution in [2.24, 2.45) is 5.41 Å². The molecule has 3 heteroatoms. The Labute approximate surface area is 174 Å². The van der Waals surface area contributed by atoms with Crippen molar-refractivity contribution in [1.29, 1.82) is 0 Å². The summed E-state index contributed by atoms with van der Waals surface area (Å²) in [6.07, 6.45) is 7.93. The summed E-state index contributed by atoms with van der Waals surface area (Å²) in [5, 5.41) is 6.64. The molecular formula is C26H32N2O. The van der Waals surface area contributed by atoms with Gasteiger partial charge in [-0.25, -0.2) is 0 Å². The third-order valence-corrected chi connectivity index (χ3v) is 6.68. The van der Waals surface area contributed by atoms with Gasteiger partial charge in [-0.3, -0.25) is 4.79 Å². The molecule has 152 valence electrons. The Bertz CT molecular complexity index is 887. The SMILES string of the molecule is CCC(CC)NC(=O)c1ccc(C2=CC3(CCNCC3)Cc3ccccc32)cc1. The van der Waals surface area contributed by atoms with Gasteiger partial charge in [0.05, 0.1) is 0 Å². The fraction of sp³-hybridized carbons (Fsp3) is 0.423. The second-order valence-corrected chi connectivity index (χ2v) is 8.57. The highest BCUT2D eigenvalue weighted by Crippen LogP contribution is 2.44. The van der Waals surface area contributed by atoms with E-state index in [1.165, 1.54) is 35.1 Å². The molecule has 0 radical (unpaired) electrons. The number of nitrogens with one attached hydrogen (secondary N) is 2. The zero-order valence-corrected chi connectivity index (χ0v) is 17.6. The predicted molar refractivity (Wildman–Crippen MR) is 120 cm³/mol. The number of carbonyl (C=O) groups excluding carboxylic acids is 1. The van der Waals surface area contributed by atoms with Crippen molar-refractivity contribution in [1.82, 2.24) is 10.6 Å². The summed E-state index contributed by atoms with van der Waals surface area (Å²) in [6, 6.07) is 17.2. The molecule has 0 aromatic heterocycles. The predicted octanol–water partition coefficient (Wildman–Crippen LogP) is 4.96. The summed E-state index contributed by atoms with van der Waals surface area (Å²) in [4.78, 5) is 12.6. The van der Waals surface area contributed by atoms with Crippen LogP contribution in [0.15, 0.2) is 54.6 Å². The van der Waals surface area contributed by atoms with Gasteiger partial charge in [0.2, 0.25) is 0 Å². The van der Waals surface area contributed by atoms with Crippen LogP contribution in [0.1, 0.15) is 66.6 Å². The fourth-order valence-electron chi connectivity index (χ4n) is 4.80. The maximum absolute atomic E-state index is 12.6. The van der Waals surface area contributed by atoms with E-state index in [-0.39, 0.29) is 17.4 Å². The van der Waals surface area contributed by atoms with E-state index in [4.69, 9.17) is 0 Å². The zero-order valence-electron chi connectivity index (χ0n) is 17.6. The van der Waals surface area contributed by atoms with Crippen molar-refractivity contribution in [3.8, 4) is 0 Å². The number of rotatable bonds is 5. The van der Waals surface area contributed by atoms with Gasteiger partial charge in [0.25, 0.3) is 5.91 Å². The third kappa shape index (κ3) is 4.16. The number of amides is 1. The molecule has 1 heterocycles. The lowest BCUT2D eigenvalue weighted by molar-refractivity contribution is 0.0935. The lowest BCUT2D eigenvalue weighted by Gasteiger charge is -2.39. The van der Waals surface area contributed by atoms with E-state index in [1.54, 1.807) is 0 Å². The first-order chi connectivity index (χ1) is 14.1. The van der Waals surface area contributed by atoms with Gasteiger partial charge in [0.15, 0.2) is 0 Å². The molecule has 3 nitrogen and oxygen atoms in total. The average molecular weight is 389 g/mol. The lowest BCUT2D eigenvalue weighted by Crippen LogP contribution is -2.38. The van der Waals surface area contributed by atoms with E-state index < -0.39 is 0 Å². The molecule has 2 aromatic rings. The highest BCUT2D eigenvalue weighted by atomic mass is 16.1. The molecule has 1 spiro atoms. The molecule has 4 rings (SSSR count). The van der Waals surface area contributed by atoms with Gasteiger partial charge in [-0.2, -0.15) is 0 Å². The average Bonchev–Trinajstić information content (AvgIpc) is 2.77. The maximum atomic E-state index is 12.6. The first-order valence-electron chi connectivity index (χ1n) is 11.1. The summed E-state index contributed by atoms with van der Waals surface area (Å²) in [5.74, 6) is 0.0260. The van der Waals surface area contributed by atoms with Crippen molar-refractivity contribution < 1.29 is 4.79 Å². The smallest absolute Gasteiger partial charge is 0.251 e. The van der Waals surface area contributed by atoms with E-state index in [1.807, 2.05) is 12.1 Å².